The normalized spacial score (nSPS) is 12.7. The van der Waals surface area contributed by atoms with Gasteiger partial charge in [0.15, 0.2) is 5.78 Å². The molecule has 1 atom stereocenters. The van der Waals surface area contributed by atoms with E-state index in [1.54, 1.807) is 0 Å². The molecule has 0 fully saturated rings. The average Bonchev–Trinajstić information content (AvgIpc) is 2.72. The smallest absolute Gasteiger partial charge is 0.167 e. The molecule has 0 radical (unpaired) electrons. The molecule has 0 aromatic carbocycles. The molecule has 1 rings (SSSR count). The lowest BCUT2D eigenvalue weighted by molar-refractivity contribution is -0.129. The van der Waals surface area contributed by atoms with Gasteiger partial charge < -0.3 is 4.74 Å². The predicted molar refractivity (Wildman–Crippen MR) is 76.7 cm³/mol. The number of ether oxygens (including phenoxy) is 1. The number of aromatic nitrogens is 2. The summed E-state index contributed by atoms with van der Waals surface area (Å²) in [5.41, 5.74) is 1.67. The van der Waals surface area contributed by atoms with Crippen LogP contribution >= 0.6 is 11.6 Å². The van der Waals surface area contributed by atoms with Gasteiger partial charge in [-0.05, 0) is 26.7 Å². The molecule has 0 bridgehead atoms. The van der Waals surface area contributed by atoms with Gasteiger partial charge in [-0.25, -0.2) is 0 Å². The van der Waals surface area contributed by atoms with E-state index < -0.39 is 0 Å². The molecule has 4 nitrogen and oxygen atoms in total. The third-order valence-electron chi connectivity index (χ3n) is 3.13. The Hall–Kier alpha value is -0.870. The zero-order valence-electron chi connectivity index (χ0n) is 12.2. The molecule has 0 aliphatic carbocycles. The van der Waals surface area contributed by atoms with Crippen molar-refractivity contribution in [2.75, 3.05) is 6.61 Å². The first kappa shape index (κ1) is 16.2. The van der Waals surface area contributed by atoms with E-state index in [2.05, 4.69) is 5.10 Å². The minimum Gasteiger partial charge on any atom is -0.371 e. The van der Waals surface area contributed by atoms with Crippen molar-refractivity contribution < 1.29 is 9.53 Å². The number of Topliss-reactive ketones (excluding diaryl/α,β-unsaturated/α-hetero) is 1. The Bertz CT molecular complexity index is 429. The maximum Gasteiger partial charge on any atom is 0.167 e. The second-order valence-corrected chi connectivity index (χ2v) is 4.75. The van der Waals surface area contributed by atoms with Gasteiger partial charge in [0.25, 0.3) is 0 Å². The van der Waals surface area contributed by atoms with Gasteiger partial charge in [0, 0.05) is 13.2 Å². The molecule has 0 aliphatic rings. The minimum absolute atomic E-state index is 0.0727. The fourth-order valence-corrected chi connectivity index (χ4v) is 2.44. The highest BCUT2D eigenvalue weighted by atomic mass is 35.5. The van der Waals surface area contributed by atoms with Crippen molar-refractivity contribution in [1.82, 2.24) is 9.78 Å². The van der Waals surface area contributed by atoms with Crippen molar-refractivity contribution in [3.05, 3.63) is 16.4 Å². The first-order valence-electron chi connectivity index (χ1n) is 6.97. The van der Waals surface area contributed by atoms with Crippen LogP contribution in [0.4, 0.5) is 0 Å². The number of hydrogen-bond acceptors (Lipinski definition) is 3. The molecule has 19 heavy (non-hydrogen) atoms. The summed E-state index contributed by atoms with van der Waals surface area (Å²) in [4.78, 5) is 12.2. The van der Waals surface area contributed by atoms with Gasteiger partial charge in [-0.15, -0.1) is 0 Å². The number of hydrogen-bond donors (Lipinski definition) is 0. The Labute approximate surface area is 120 Å². The molecule has 0 saturated heterocycles. The van der Waals surface area contributed by atoms with Crippen LogP contribution in [0.3, 0.4) is 0 Å². The summed E-state index contributed by atoms with van der Waals surface area (Å²) in [6.07, 6.45) is 1.41. The van der Waals surface area contributed by atoms with Gasteiger partial charge in [0.2, 0.25) is 0 Å². The number of aryl methyl sites for hydroxylation is 2. The third kappa shape index (κ3) is 3.80. The van der Waals surface area contributed by atoms with Crippen LogP contribution in [0.15, 0.2) is 0 Å². The topological polar surface area (TPSA) is 44.1 Å². The zero-order valence-corrected chi connectivity index (χ0v) is 13.0. The number of carbonyl (C=O) groups is 1. The molecule has 0 saturated carbocycles. The van der Waals surface area contributed by atoms with Crippen LogP contribution in [0.1, 0.15) is 45.5 Å². The lowest BCUT2D eigenvalue weighted by Crippen LogP contribution is -2.26. The molecular formula is C14H23ClN2O2. The molecule has 0 aliphatic heterocycles. The fourth-order valence-electron chi connectivity index (χ4n) is 2.10. The molecule has 0 amide bonds. The summed E-state index contributed by atoms with van der Waals surface area (Å²) in [5.74, 6) is 0.0727. The SMILES string of the molecule is CCOC(CC)C(=O)Cc1c(Cl)c(CC)nn1CC. The number of carbonyl (C=O) groups excluding carboxylic acids is 1. The van der Waals surface area contributed by atoms with Crippen LogP contribution in [0.25, 0.3) is 0 Å². The molecule has 0 spiro atoms. The van der Waals surface area contributed by atoms with E-state index in [0.29, 0.717) is 24.6 Å². The van der Waals surface area contributed by atoms with Crippen LogP contribution in [-0.4, -0.2) is 28.3 Å². The second kappa shape index (κ2) is 7.65. The van der Waals surface area contributed by atoms with Crippen molar-refractivity contribution in [3.63, 3.8) is 0 Å². The summed E-state index contributed by atoms with van der Waals surface area (Å²) < 4.78 is 7.27. The van der Waals surface area contributed by atoms with E-state index in [0.717, 1.165) is 17.8 Å². The molecular weight excluding hydrogens is 264 g/mol. The van der Waals surface area contributed by atoms with Gasteiger partial charge in [0.1, 0.15) is 6.10 Å². The van der Waals surface area contributed by atoms with Crippen molar-refractivity contribution >= 4 is 17.4 Å². The fraction of sp³-hybridized carbons (Fsp3) is 0.714. The van der Waals surface area contributed by atoms with E-state index in [1.807, 2.05) is 32.4 Å². The maximum absolute atomic E-state index is 12.2. The summed E-state index contributed by atoms with van der Waals surface area (Å²) in [7, 11) is 0. The van der Waals surface area contributed by atoms with Crippen molar-refractivity contribution in [2.45, 2.75) is 59.6 Å². The number of halogens is 1. The lowest BCUT2D eigenvalue weighted by atomic mass is 10.1. The number of nitrogens with zero attached hydrogens (tertiary/aromatic N) is 2. The maximum atomic E-state index is 12.2. The van der Waals surface area contributed by atoms with Crippen LogP contribution < -0.4 is 0 Å². The van der Waals surface area contributed by atoms with E-state index >= 15 is 0 Å². The Morgan fingerprint density at radius 3 is 2.53 bits per heavy atom. The molecule has 1 unspecified atom stereocenters. The molecule has 1 aromatic heterocycles. The van der Waals surface area contributed by atoms with Crippen LogP contribution in [0.5, 0.6) is 0 Å². The lowest BCUT2D eigenvalue weighted by Gasteiger charge is -2.14. The standard InChI is InChI=1S/C14H23ClN2O2/c1-5-10-14(15)11(17(7-3)16-10)9-12(18)13(6-2)19-8-4/h13H,5-9H2,1-4H3. The number of ketones is 1. The Morgan fingerprint density at radius 2 is 2.05 bits per heavy atom. The van der Waals surface area contributed by atoms with Gasteiger partial charge >= 0.3 is 0 Å². The second-order valence-electron chi connectivity index (χ2n) is 4.37. The summed E-state index contributed by atoms with van der Waals surface area (Å²) in [6, 6.07) is 0. The van der Waals surface area contributed by atoms with Crippen LogP contribution in [0, 0.1) is 0 Å². The summed E-state index contributed by atoms with van der Waals surface area (Å²) in [6.45, 7) is 9.12. The monoisotopic (exact) mass is 286 g/mol. The van der Waals surface area contributed by atoms with Crippen LogP contribution in [-0.2, 0) is 28.9 Å². The first-order chi connectivity index (χ1) is 9.08. The molecule has 0 N–H and O–H groups in total. The minimum atomic E-state index is -0.341. The van der Waals surface area contributed by atoms with E-state index in [4.69, 9.17) is 16.3 Å². The molecule has 1 aromatic rings. The average molecular weight is 287 g/mol. The zero-order chi connectivity index (χ0) is 14.4. The summed E-state index contributed by atoms with van der Waals surface area (Å²) >= 11 is 6.30. The van der Waals surface area contributed by atoms with Gasteiger partial charge in [0.05, 0.1) is 22.8 Å². The quantitative estimate of drug-likeness (QED) is 0.738. The molecule has 1 heterocycles. The van der Waals surface area contributed by atoms with Gasteiger partial charge in [-0.3, -0.25) is 9.48 Å². The Kier molecular flexibility index (Phi) is 6.52. The Morgan fingerprint density at radius 1 is 1.37 bits per heavy atom. The molecule has 108 valence electrons. The van der Waals surface area contributed by atoms with Crippen molar-refractivity contribution in [3.8, 4) is 0 Å². The highest BCUT2D eigenvalue weighted by Crippen LogP contribution is 2.23. The van der Waals surface area contributed by atoms with E-state index in [1.165, 1.54) is 0 Å². The highest BCUT2D eigenvalue weighted by Gasteiger charge is 2.22. The van der Waals surface area contributed by atoms with Crippen LogP contribution in [0.2, 0.25) is 5.02 Å². The molecule has 5 heteroatoms. The third-order valence-corrected chi connectivity index (χ3v) is 3.57. The largest absolute Gasteiger partial charge is 0.371 e. The Balaban J connectivity index is 2.91. The number of rotatable bonds is 8. The van der Waals surface area contributed by atoms with E-state index in [9.17, 15) is 4.79 Å². The predicted octanol–water partition coefficient (Wildman–Crippen LogP) is 3.05. The van der Waals surface area contributed by atoms with Gasteiger partial charge in [-0.1, -0.05) is 25.4 Å². The first-order valence-corrected chi connectivity index (χ1v) is 7.34. The van der Waals surface area contributed by atoms with Gasteiger partial charge in [-0.2, -0.15) is 5.10 Å². The van der Waals surface area contributed by atoms with Crippen molar-refractivity contribution in [1.29, 1.82) is 0 Å². The van der Waals surface area contributed by atoms with Crippen molar-refractivity contribution in [2.24, 2.45) is 0 Å². The van der Waals surface area contributed by atoms with E-state index in [-0.39, 0.29) is 18.3 Å². The summed E-state index contributed by atoms with van der Waals surface area (Å²) in [5, 5.41) is 5.05. The highest BCUT2D eigenvalue weighted by molar-refractivity contribution is 6.32.